The summed E-state index contributed by atoms with van der Waals surface area (Å²) < 4.78 is 1.63. The van der Waals surface area contributed by atoms with Crippen LogP contribution in [0.15, 0.2) is 15.5 Å². The monoisotopic (exact) mass is 331 g/mol. The second kappa shape index (κ2) is 6.49. The molecule has 0 aliphatic heterocycles. The van der Waals surface area contributed by atoms with E-state index < -0.39 is 0 Å². The van der Waals surface area contributed by atoms with E-state index in [9.17, 15) is 9.90 Å². The number of aromatic nitrogens is 2. The molecule has 2 rings (SSSR count). The van der Waals surface area contributed by atoms with Crippen molar-refractivity contribution in [3.05, 3.63) is 21.0 Å². The SMILES string of the molecule is O=c1c(Br)c(NC2CCCC2CO)cnn1CCO. The largest absolute Gasteiger partial charge is 0.396 e. The van der Waals surface area contributed by atoms with E-state index in [1.165, 1.54) is 4.68 Å². The Morgan fingerprint density at radius 2 is 2.26 bits per heavy atom. The average Bonchev–Trinajstić information content (AvgIpc) is 2.86. The molecular weight excluding hydrogens is 314 g/mol. The van der Waals surface area contributed by atoms with Crippen molar-refractivity contribution < 1.29 is 10.2 Å². The van der Waals surface area contributed by atoms with Crippen LogP contribution in [0.2, 0.25) is 0 Å². The first-order valence-electron chi connectivity index (χ1n) is 6.41. The van der Waals surface area contributed by atoms with Gasteiger partial charge in [0.05, 0.1) is 25.0 Å². The highest BCUT2D eigenvalue weighted by atomic mass is 79.9. The molecule has 6 nitrogen and oxygen atoms in total. The first-order chi connectivity index (χ1) is 9.17. The lowest BCUT2D eigenvalue weighted by atomic mass is 10.1. The summed E-state index contributed by atoms with van der Waals surface area (Å²) in [4.78, 5) is 12.0. The minimum atomic E-state index is -0.266. The lowest BCUT2D eigenvalue weighted by molar-refractivity contribution is 0.222. The zero-order valence-corrected chi connectivity index (χ0v) is 12.1. The number of aliphatic hydroxyl groups is 2. The molecule has 1 fully saturated rings. The highest BCUT2D eigenvalue weighted by molar-refractivity contribution is 9.10. The van der Waals surface area contributed by atoms with Gasteiger partial charge in [0.15, 0.2) is 0 Å². The Morgan fingerprint density at radius 1 is 1.47 bits per heavy atom. The molecule has 0 saturated heterocycles. The van der Waals surface area contributed by atoms with Crippen LogP contribution in [0.5, 0.6) is 0 Å². The number of hydrogen-bond acceptors (Lipinski definition) is 5. The Hall–Kier alpha value is -0.920. The molecule has 1 saturated carbocycles. The Bertz CT molecular complexity index is 492. The lowest BCUT2D eigenvalue weighted by Crippen LogP contribution is -2.30. The molecule has 1 aliphatic carbocycles. The summed E-state index contributed by atoms with van der Waals surface area (Å²) in [5.74, 6) is 0.228. The third-order valence-electron chi connectivity index (χ3n) is 3.53. The van der Waals surface area contributed by atoms with E-state index >= 15 is 0 Å². The molecule has 3 N–H and O–H groups in total. The molecule has 1 heterocycles. The fraction of sp³-hybridized carbons (Fsp3) is 0.667. The molecule has 7 heteroatoms. The van der Waals surface area contributed by atoms with E-state index in [2.05, 4.69) is 26.3 Å². The van der Waals surface area contributed by atoms with E-state index in [0.717, 1.165) is 19.3 Å². The first kappa shape index (κ1) is 14.5. The molecule has 0 amide bonds. The zero-order chi connectivity index (χ0) is 13.8. The smallest absolute Gasteiger partial charge is 0.283 e. The van der Waals surface area contributed by atoms with Crippen molar-refractivity contribution in [1.29, 1.82) is 0 Å². The van der Waals surface area contributed by atoms with E-state index in [1.807, 2.05) is 0 Å². The van der Waals surface area contributed by atoms with Gasteiger partial charge in [0, 0.05) is 18.6 Å². The molecule has 19 heavy (non-hydrogen) atoms. The highest BCUT2D eigenvalue weighted by Crippen LogP contribution is 2.29. The minimum absolute atomic E-state index is 0.124. The second-order valence-electron chi connectivity index (χ2n) is 4.75. The van der Waals surface area contributed by atoms with Crippen molar-refractivity contribution in [3.63, 3.8) is 0 Å². The molecule has 1 aromatic rings. The summed E-state index contributed by atoms with van der Waals surface area (Å²) in [5.41, 5.74) is 0.377. The van der Waals surface area contributed by atoms with Crippen LogP contribution in [-0.2, 0) is 6.54 Å². The Labute approximate surface area is 119 Å². The molecule has 0 bridgehead atoms. The van der Waals surface area contributed by atoms with Gasteiger partial charge in [0.25, 0.3) is 5.56 Å². The Kier molecular flexibility index (Phi) is 4.95. The van der Waals surface area contributed by atoms with Crippen LogP contribution >= 0.6 is 15.9 Å². The fourth-order valence-electron chi connectivity index (χ4n) is 2.46. The summed E-state index contributed by atoms with van der Waals surface area (Å²) >= 11 is 3.27. The summed E-state index contributed by atoms with van der Waals surface area (Å²) in [6.45, 7) is 0.214. The van der Waals surface area contributed by atoms with Crippen LogP contribution in [0.25, 0.3) is 0 Å². The third kappa shape index (κ3) is 3.16. The van der Waals surface area contributed by atoms with Crippen molar-refractivity contribution in [1.82, 2.24) is 9.78 Å². The second-order valence-corrected chi connectivity index (χ2v) is 5.54. The number of hydrogen-bond donors (Lipinski definition) is 3. The number of nitrogens with zero attached hydrogens (tertiary/aromatic N) is 2. The number of aliphatic hydroxyl groups excluding tert-OH is 2. The van der Waals surface area contributed by atoms with Gasteiger partial charge in [-0.3, -0.25) is 4.79 Å². The van der Waals surface area contributed by atoms with E-state index in [4.69, 9.17) is 5.11 Å². The van der Waals surface area contributed by atoms with Gasteiger partial charge >= 0.3 is 0 Å². The maximum absolute atomic E-state index is 12.0. The Morgan fingerprint density at radius 3 is 2.95 bits per heavy atom. The first-order valence-corrected chi connectivity index (χ1v) is 7.20. The zero-order valence-electron chi connectivity index (χ0n) is 10.5. The highest BCUT2D eigenvalue weighted by Gasteiger charge is 2.27. The summed E-state index contributed by atoms with van der Waals surface area (Å²) in [7, 11) is 0. The van der Waals surface area contributed by atoms with Crippen LogP contribution in [0, 0.1) is 5.92 Å². The maximum atomic E-state index is 12.0. The van der Waals surface area contributed by atoms with Crippen molar-refractivity contribution in [3.8, 4) is 0 Å². The van der Waals surface area contributed by atoms with Gasteiger partial charge in [-0.15, -0.1) is 0 Å². The normalized spacial score (nSPS) is 22.7. The van der Waals surface area contributed by atoms with E-state index in [0.29, 0.717) is 10.2 Å². The van der Waals surface area contributed by atoms with Crippen molar-refractivity contribution in [2.45, 2.75) is 31.8 Å². The standard InChI is InChI=1S/C12H18BrN3O3/c13-11-10(6-14-16(4-5-17)12(11)19)15-9-3-1-2-8(9)7-18/h6,8-9,15,17-18H,1-5,7H2. The molecule has 2 atom stereocenters. The topological polar surface area (TPSA) is 87.4 Å². The summed E-state index contributed by atoms with van der Waals surface area (Å²) in [6, 6.07) is 0.177. The van der Waals surface area contributed by atoms with Gasteiger partial charge in [-0.2, -0.15) is 5.10 Å². The van der Waals surface area contributed by atoms with Crippen molar-refractivity contribution >= 4 is 21.6 Å². The molecule has 1 aliphatic rings. The van der Waals surface area contributed by atoms with Crippen LogP contribution in [-0.4, -0.2) is 39.2 Å². The van der Waals surface area contributed by atoms with Crippen LogP contribution in [0.4, 0.5) is 5.69 Å². The van der Waals surface area contributed by atoms with Gasteiger partial charge < -0.3 is 15.5 Å². The minimum Gasteiger partial charge on any atom is -0.396 e. The number of rotatable bonds is 5. The summed E-state index contributed by atoms with van der Waals surface area (Å²) in [5, 5.41) is 25.4. The molecular formula is C12H18BrN3O3. The predicted molar refractivity (Wildman–Crippen MR) is 75.1 cm³/mol. The van der Waals surface area contributed by atoms with Gasteiger partial charge in [-0.1, -0.05) is 6.42 Å². The average molecular weight is 332 g/mol. The Balaban J connectivity index is 2.17. The number of anilines is 1. The molecule has 2 unspecified atom stereocenters. The van der Waals surface area contributed by atoms with Crippen LogP contribution in [0.3, 0.4) is 0 Å². The molecule has 0 spiro atoms. The van der Waals surface area contributed by atoms with Crippen LogP contribution < -0.4 is 10.9 Å². The van der Waals surface area contributed by atoms with E-state index in [1.54, 1.807) is 6.20 Å². The maximum Gasteiger partial charge on any atom is 0.283 e. The van der Waals surface area contributed by atoms with Gasteiger partial charge in [-0.25, -0.2) is 4.68 Å². The predicted octanol–water partition coefficient (Wildman–Crippen LogP) is 0.571. The van der Waals surface area contributed by atoms with Gasteiger partial charge in [0.1, 0.15) is 4.47 Å². The molecule has 1 aromatic heterocycles. The van der Waals surface area contributed by atoms with Crippen molar-refractivity contribution in [2.75, 3.05) is 18.5 Å². The van der Waals surface area contributed by atoms with Gasteiger partial charge in [-0.05, 0) is 28.8 Å². The summed E-state index contributed by atoms with van der Waals surface area (Å²) in [6.07, 6.45) is 4.64. The lowest BCUT2D eigenvalue weighted by Gasteiger charge is -2.20. The molecule has 0 aromatic carbocycles. The quantitative estimate of drug-likeness (QED) is 0.734. The van der Waals surface area contributed by atoms with Gasteiger partial charge in [0.2, 0.25) is 0 Å². The molecule has 0 radical (unpaired) electrons. The van der Waals surface area contributed by atoms with Crippen molar-refractivity contribution in [2.24, 2.45) is 5.92 Å². The van der Waals surface area contributed by atoms with Crippen LogP contribution in [0.1, 0.15) is 19.3 Å². The number of nitrogens with one attached hydrogen (secondary N) is 1. The fourth-order valence-corrected chi connectivity index (χ4v) is 2.89. The molecule has 106 valence electrons. The number of halogens is 1. The third-order valence-corrected chi connectivity index (χ3v) is 4.30. The van der Waals surface area contributed by atoms with E-state index in [-0.39, 0.29) is 37.3 Å².